The van der Waals surface area contributed by atoms with Gasteiger partial charge < -0.3 is 10.5 Å². The molecule has 2 aromatic rings. The Labute approximate surface area is 120 Å². The largest absolute Gasteiger partial charge is 0.490 e. The first-order chi connectivity index (χ1) is 9.63. The summed E-state index contributed by atoms with van der Waals surface area (Å²) in [5.74, 6) is 0.265. The molecule has 0 saturated carbocycles. The summed E-state index contributed by atoms with van der Waals surface area (Å²) in [6, 6.07) is 4.96. The molecule has 0 fully saturated rings. The minimum Gasteiger partial charge on any atom is -0.490 e. The van der Waals surface area contributed by atoms with Crippen molar-refractivity contribution in [2.75, 3.05) is 13.7 Å². The van der Waals surface area contributed by atoms with E-state index in [0.717, 1.165) is 22.7 Å². The number of ether oxygens (including phenoxy) is 1. The first-order valence-corrected chi connectivity index (χ1v) is 6.96. The molecule has 1 aromatic carbocycles. The molecule has 0 unspecified atom stereocenters. The van der Waals surface area contributed by atoms with Gasteiger partial charge in [-0.3, -0.25) is 10.1 Å². The van der Waals surface area contributed by atoms with Crippen LogP contribution in [0.3, 0.4) is 0 Å². The molecule has 0 radical (unpaired) electrons. The molecule has 0 spiro atoms. The number of benzene rings is 1. The normalized spacial score (nSPS) is 10.5. The molecule has 7 heteroatoms. The number of thiazole rings is 1. The van der Waals surface area contributed by atoms with E-state index < -0.39 is 4.92 Å². The summed E-state index contributed by atoms with van der Waals surface area (Å²) in [5, 5.41) is 13.9. The van der Waals surface area contributed by atoms with Gasteiger partial charge in [-0.15, -0.1) is 11.3 Å². The third-order valence-corrected chi connectivity index (χ3v) is 3.69. The van der Waals surface area contributed by atoms with Gasteiger partial charge in [-0.2, -0.15) is 0 Å². The van der Waals surface area contributed by atoms with E-state index in [0.29, 0.717) is 13.0 Å². The Morgan fingerprint density at radius 1 is 1.50 bits per heavy atom. The molecule has 2 N–H and O–H groups in total. The van der Waals surface area contributed by atoms with Gasteiger partial charge >= 0.3 is 5.69 Å². The van der Waals surface area contributed by atoms with Gasteiger partial charge in [0.05, 0.1) is 22.7 Å². The quantitative estimate of drug-likeness (QED) is 0.651. The van der Waals surface area contributed by atoms with Gasteiger partial charge in [0.25, 0.3) is 0 Å². The Hall–Kier alpha value is -1.99. The Kier molecular flexibility index (Phi) is 4.65. The van der Waals surface area contributed by atoms with Crippen molar-refractivity contribution in [3.8, 4) is 5.75 Å². The van der Waals surface area contributed by atoms with Crippen LogP contribution in [0.25, 0.3) is 0 Å². The van der Waals surface area contributed by atoms with Crippen molar-refractivity contribution >= 4 is 17.0 Å². The highest BCUT2D eigenvalue weighted by atomic mass is 32.1. The minimum absolute atomic E-state index is 0.0243. The molecule has 0 aliphatic heterocycles. The van der Waals surface area contributed by atoms with E-state index in [9.17, 15) is 10.1 Å². The first kappa shape index (κ1) is 14.4. The highest BCUT2D eigenvalue weighted by Gasteiger charge is 2.15. The first-order valence-electron chi connectivity index (χ1n) is 6.08. The molecular weight excluding hydrogens is 278 g/mol. The second-order valence-corrected chi connectivity index (χ2v) is 5.15. The van der Waals surface area contributed by atoms with Crippen LogP contribution in [-0.4, -0.2) is 23.6 Å². The summed E-state index contributed by atoms with van der Waals surface area (Å²) in [6.45, 7) is 0.567. The molecule has 0 saturated heterocycles. The third kappa shape index (κ3) is 3.31. The Morgan fingerprint density at radius 2 is 2.30 bits per heavy atom. The molecule has 0 bridgehead atoms. The van der Waals surface area contributed by atoms with Crippen LogP contribution < -0.4 is 10.5 Å². The molecule has 106 valence electrons. The van der Waals surface area contributed by atoms with Gasteiger partial charge in [-0.25, -0.2) is 4.98 Å². The van der Waals surface area contributed by atoms with E-state index in [4.69, 9.17) is 10.5 Å². The average Bonchev–Trinajstić information content (AvgIpc) is 2.86. The van der Waals surface area contributed by atoms with Crippen LogP contribution in [0.1, 0.15) is 16.3 Å². The van der Waals surface area contributed by atoms with Crippen molar-refractivity contribution in [1.29, 1.82) is 0 Å². The number of methoxy groups -OCH3 is 1. The topological polar surface area (TPSA) is 91.3 Å². The maximum absolute atomic E-state index is 11.0. The number of rotatable bonds is 6. The van der Waals surface area contributed by atoms with Gasteiger partial charge in [-0.05, 0) is 18.2 Å². The zero-order chi connectivity index (χ0) is 14.5. The standard InChI is InChI=1S/C13H15N3O3S/c1-19-12-3-2-9(6-11(12)16(17)18)7-13-15-10(4-5-14)8-20-13/h2-3,6,8H,4-5,7,14H2,1H3. The van der Waals surface area contributed by atoms with Crippen molar-refractivity contribution in [3.05, 3.63) is 50.0 Å². The smallest absolute Gasteiger partial charge is 0.311 e. The highest BCUT2D eigenvalue weighted by Crippen LogP contribution is 2.28. The number of hydrogen-bond donors (Lipinski definition) is 1. The molecule has 2 rings (SSSR count). The number of nitrogens with two attached hydrogens (primary N) is 1. The third-order valence-electron chi connectivity index (χ3n) is 2.80. The van der Waals surface area contributed by atoms with Crippen molar-refractivity contribution in [2.24, 2.45) is 5.73 Å². The second kappa shape index (κ2) is 6.44. The van der Waals surface area contributed by atoms with Crippen molar-refractivity contribution in [1.82, 2.24) is 4.98 Å². The molecule has 20 heavy (non-hydrogen) atoms. The van der Waals surface area contributed by atoms with Gasteiger partial charge in [0.2, 0.25) is 0 Å². The van der Waals surface area contributed by atoms with Crippen LogP contribution >= 0.6 is 11.3 Å². The number of hydrogen-bond acceptors (Lipinski definition) is 6. The van der Waals surface area contributed by atoms with E-state index in [-0.39, 0.29) is 11.4 Å². The fourth-order valence-corrected chi connectivity index (χ4v) is 2.72. The fraction of sp³-hybridized carbons (Fsp3) is 0.308. The van der Waals surface area contributed by atoms with E-state index >= 15 is 0 Å². The number of nitro groups is 1. The lowest BCUT2D eigenvalue weighted by molar-refractivity contribution is -0.385. The summed E-state index contributed by atoms with van der Waals surface area (Å²) < 4.78 is 4.98. The lowest BCUT2D eigenvalue weighted by Crippen LogP contribution is -2.03. The summed E-state index contributed by atoms with van der Waals surface area (Å²) in [5.41, 5.74) is 7.27. The van der Waals surface area contributed by atoms with Crippen molar-refractivity contribution in [3.63, 3.8) is 0 Å². The lowest BCUT2D eigenvalue weighted by Gasteiger charge is -2.03. The average molecular weight is 293 g/mol. The lowest BCUT2D eigenvalue weighted by atomic mass is 10.1. The van der Waals surface area contributed by atoms with E-state index in [2.05, 4.69) is 4.98 Å². The highest BCUT2D eigenvalue weighted by molar-refractivity contribution is 7.09. The van der Waals surface area contributed by atoms with E-state index in [1.165, 1.54) is 13.2 Å². The number of nitrogens with zero attached hydrogens (tertiary/aromatic N) is 2. The summed E-state index contributed by atoms with van der Waals surface area (Å²) in [6.07, 6.45) is 1.32. The summed E-state index contributed by atoms with van der Waals surface area (Å²) >= 11 is 1.54. The summed E-state index contributed by atoms with van der Waals surface area (Å²) in [4.78, 5) is 15.0. The SMILES string of the molecule is COc1ccc(Cc2nc(CCN)cs2)cc1[N+](=O)[O-]. The monoisotopic (exact) mass is 293 g/mol. The van der Waals surface area contributed by atoms with Crippen LogP contribution in [0.5, 0.6) is 5.75 Å². The van der Waals surface area contributed by atoms with E-state index in [1.807, 2.05) is 11.4 Å². The van der Waals surface area contributed by atoms with Crippen LogP contribution in [0, 0.1) is 10.1 Å². The molecule has 6 nitrogen and oxygen atoms in total. The van der Waals surface area contributed by atoms with Crippen LogP contribution in [0.4, 0.5) is 5.69 Å². The number of aromatic nitrogens is 1. The maximum Gasteiger partial charge on any atom is 0.311 e. The molecule has 0 aliphatic carbocycles. The zero-order valence-corrected chi connectivity index (χ0v) is 11.9. The number of nitro benzene ring substituents is 1. The molecular formula is C13H15N3O3S. The predicted octanol–water partition coefficient (Wildman–Crippen LogP) is 2.15. The molecule has 1 aromatic heterocycles. The predicted molar refractivity (Wildman–Crippen MR) is 77.3 cm³/mol. The van der Waals surface area contributed by atoms with Crippen LogP contribution in [-0.2, 0) is 12.8 Å². The van der Waals surface area contributed by atoms with Crippen molar-refractivity contribution < 1.29 is 9.66 Å². The molecule has 0 amide bonds. The molecule has 1 heterocycles. The summed E-state index contributed by atoms with van der Waals surface area (Å²) in [7, 11) is 1.42. The van der Waals surface area contributed by atoms with Crippen LogP contribution in [0.15, 0.2) is 23.6 Å². The van der Waals surface area contributed by atoms with Gasteiger partial charge in [0.15, 0.2) is 5.75 Å². The van der Waals surface area contributed by atoms with Gasteiger partial charge in [0, 0.05) is 24.3 Å². The molecule has 0 aliphatic rings. The van der Waals surface area contributed by atoms with E-state index in [1.54, 1.807) is 17.4 Å². The second-order valence-electron chi connectivity index (χ2n) is 4.21. The van der Waals surface area contributed by atoms with Gasteiger partial charge in [0.1, 0.15) is 0 Å². The minimum atomic E-state index is -0.440. The zero-order valence-electron chi connectivity index (χ0n) is 11.0. The van der Waals surface area contributed by atoms with Gasteiger partial charge in [-0.1, -0.05) is 6.07 Å². The van der Waals surface area contributed by atoms with Crippen LogP contribution in [0.2, 0.25) is 0 Å². The Balaban J connectivity index is 2.20. The van der Waals surface area contributed by atoms with Crippen molar-refractivity contribution in [2.45, 2.75) is 12.8 Å². The Bertz CT molecular complexity index is 613. The maximum atomic E-state index is 11.0. The molecule has 0 atom stereocenters. The fourth-order valence-electron chi connectivity index (χ4n) is 1.86. The Morgan fingerprint density at radius 3 is 2.95 bits per heavy atom.